The van der Waals surface area contributed by atoms with Gasteiger partial charge in [-0.05, 0) is 30.3 Å². The van der Waals surface area contributed by atoms with E-state index in [1.165, 1.54) is 23.1 Å². The second kappa shape index (κ2) is 8.68. The van der Waals surface area contributed by atoms with Crippen LogP contribution in [0.5, 0.6) is 0 Å². The Bertz CT molecular complexity index is 891. The number of nitrogens with zero attached hydrogens (tertiary/aromatic N) is 1. The summed E-state index contributed by atoms with van der Waals surface area (Å²) in [5, 5.41) is 8.16. The Morgan fingerprint density at radius 1 is 1.27 bits per heavy atom. The molecular formula is C18H17N3O3S2. The fourth-order valence-corrected chi connectivity index (χ4v) is 3.82. The van der Waals surface area contributed by atoms with Crippen molar-refractivity contribution in [3.63, 3.8) is 0 Å². The van der Waals surface area contributed by atoms with Crippen LogP contribution in [0.4, 0.5) is 5.69 Å². The molecule has 0 aliphatic rings. The average molecular weight is 387 g/mol. The number of nitrogens with one attached hydrogen (secondary N) is 2. The van der Waals surface area contributed by atoms with E-state index in [0.29, 0.717) is 22.8 Å². The first-order valence-electron chi connectivity index (χ1n) is 7.83. The minimum absolute atomic E-state index is 0.120. The molecule has 2 amide bonds. The number of furan rings is 1. The second-order valence-electron chi connectivity index (χ2n) is 5.32. The first kappa shape index (κ1) is 18.2. The van der Waals surface area contributed by atoms with E-state index in [0.717, 1.165) is 16.5 Å². The highest BCUT2D eigenvalue weighted by atomic mass is 32.2. The molecule has 134 valence electrons. The zero-order valence-corrected chi connectivity index (χ0v) is 15.7. The maximum atomic E-state index is 12.1. The number of hydrogen-bond donors (Lipinski definition) is 2. The average Bonchev–Trinajstić information content (AvgIpc) is 3.32. The van der Waals surface area contributed by atoms with Crippen LogP contribution in [0.25, 0.3) is 10.8 Å². The van der Waals surface area contributed by atoms with Crippen LogP contribution in [0.15, 0.2) is 52.5 Å². The molecule has 0 fully saturated rings. The van der Waals surface area contributed by atoms with Crippen LogP contribution in [0, 0.1) is 0 Å². The van der Waals surface area contributed by atoms with Crippen LogP contribution in [-0.4, -0.2) is 29.6 Å². The lowest BCUT2D eigenvalue weighted by molar-refractivity contribution is -0.113. The summed E-state index contributed by atoms with van der Waals surface area (Å²) in [7, 11) is 1.57. The Hall–Kier alpha value is -2.58. The Morgan fingerprint density at radius 3 is 2.92 bits per heavy atom. The summed E-state index contributed by atoms with van der Waals surface area (Å²) in [6.07, 6.45) is 1.62. The lowest BCUT2D eigenvalue weighted by atomic mass is 10.2. The van der Waals surface area contributed by atoms with Crippen LogP contribution in [0.1, 0.15) is 16.1 Å². The summed E-state index contributed by atoms with van der Waals surface area (Å²) in [4.78, 5) is 28.2. The zero-order valence-electron chi connectivity index (χ0n) is 14.0. The first-order chi connectivity index (χ1) is 12.7. The van der Waals surface area contributed by atoms with E-state index < -0.39 is 0 Å². The van der Waals surface area contributed by atoms with E-state index in [9.17, 15) is 9.59 Å². The third-order valence-corrected chi connectivity index (χ3v) is 5.27. The smallest absolute Gasteiger partial charge is 0.251 e. The maximum absolute atomic E-state index is 12.1. The largest absolute Gasteiger partial charge is 0.462 e. The van der Waals surface area contributed by atoms with Crippen LogP contribution in [0.2, 0.25) is 0 Å². The van der Waals surface area contributed by atoms with E-state index >= 15 is 0 Å². The Balaban J connectivity index is 1.48. The highest BCUT2D eigenvalue weighted by molar-refractivity contribution is 7.99. The normalized spacial score (nSPS) is 10.5. The van der Waals surface area contributed by atoms with Gasteiger partial charge in [-0.3, -0.25) is 9.59 Å². The molecule has 0 atom stereocenters. The quantitative estimate of drug-likeness (QED) is 0.647. The maximum Gasteiger partial charge on any atom is 0.251 e. The number of rotatable bonds is 7. The lowest BCUT2D eigenvalue weighted by Gasteiger charge is -2.06. The number of hydrogen-bond acceptors (Lipinski definition) is 6. The lowest BCUT2D eigenvalue weighted by Crippen LogP contribution is -2.19. The molecule has 2 heterocycles. The van der Waals surface area contributed by atoms with Crippen molar-refractivity contribution in [2.24, 2.45) is 0 Å². The monoisotopic (exact) mass is 387 g/mol. The topological polar surface area (TPSA) is 84.2 Å². The number of thiazole rings is 1. The predicted octanol–water partition coefficient (Wildman–Crippen LogP) is 3.63. The van der Waals surface area contributed by atoms with E-state index in [-0.39, 0.29) is 11.8 Å². The molecule has 1 aromatic carbocycles. The van der Waals surface area contributed by atoms with Crippen molar-refractivity contribution >= 4 is 40.6 Å². The zero-order chi connectivity index (χ0) is 18.4. The van der Waals surface area contributed by atoms with Gasteiger partial charge in [0.1, 0.15) is 0 Å². The summed E-state index contributed by atoms with van der Waals surface area (Å²) < 4.78 is 5.33. The molecule has 3 rings (SSSR count). The molecule has 26 heavy (non-hydrogen) atoms. The van der Waals surface area contributed by atoms with E-state index in [1.54, 1.807) is 37.6 Å². The third kappa shape index (κ3) is 4.74. The Kier molecular flexibility index (Phi) is 6.08. The second-order valence-corrected chi connectivity index (χ2v) is 7.17. The number of thioether (sulfide) groups is 1. The molecule has 0 saturated heterocycles. The van der Waals surface area contributed by atoms with E-state index in [1.807, 2.05) is 17.5 Å². The molecule has 0 bridgehead atoms. The summed E-state index contributed by atoms with van der Waals surface area (Å²) >= 11 is 3.00. The van der Waals surface area contributed by atoms with Gasteiger partial charge in [-0.1, -0.05) is 6.07 Å². The summed E-state index contributed by atoms with van der Waals surface area (Å²) in [5.41, 5.74) is 2.03. The standard InChI is InChI=1S/C18H17N3O3S2/c1-19-17(23)12-4-2-5-13(8-12)20-16(22)11-25-9-14-10-26-18(21-14)15-6-3-7-24-15/h2-8,10H,9,11H2,1H3,(H,19,23)(H,20,22). The van der Waals surface area contributed by atoms with Gasteiger partial charge in [0.15, 0.2) is 10.8 Å². The van der Waals surface area contributed by atoms with E-state index in [2.05, 4.69) is 15.6 Å². The highest BCUT2D eigenvalue weighted by Gasteiger charge is 2.09. The molecule has 0 aliphatic heterocycles. The van der Waals surface area contributed by atoms with Gasteiger partial charge < -0.3 is 15.1 Å². The van der Waals surface area contributed by atoms with E-state index in [4.69, 9.17) is 4.42 Å². The number of anilines is 1. The molecule has 8 heteroatoms. The fourth-order valence-electron chi connectivity index (χ4n) is 2.21. The first-order valence-corrected chi connectivity index (χ1v) is 9.87. The SMILES string of the molecule is CNC(=O)c1cccc(NC(=O)CSCc2csc(-c3ccco3)n2)c1. The van der Waals surface area contributed by atoms with Crippen molar-refractivity contribution in [1.82, 2.24) is 10.3 Å². The molecule has 0 radical (unpaired) electrons. The minimum Gasteiger partial charge on any atom is -0.462 e. The van der Waals surface area contributed by atoms with Crippen LogP contribution in [0.3, 0.4) is 0 Å². The molecular weight excluding hydrogens is 370 g/mol. The number of carbonyl (C=O) groups is 2. The van der Waals surface area contributed by atoms with Crippen LogP contribution >= 0.6 is 23.1 Å². The van der Waals surface area contributed by atoms with Crippen molar-refractivity contribution in [2.45, 2.75) is 5.75 Å². The third-order valence-electron chi connectivity index (χ3n) is 3.40. The number of aromatic nitrogens is 1. The molecule has 3 aromatic rings. The fraction of sp³-hybridized carbons (Fsp3) is 0.167. The van der Waals surface area contributed by atoms with Gasteiger partial charge in [0.25, 0.3) is 5.91 Å². The molecule has 2 aromatic heterocycles. The van der Waals surface area contributed by atoms with Gasteiger partial charge >= 0.3 is 0 Å². The highest BCUT2D eigenvalue weighted by Crippen LogP contribution is 2.25. The summed E-state index contributed by atoms with van der Waals surface area (Å²) in [6.45, 7) is 0. The molecule has 6 nitrogen and oxygen atoms in total. The number of amides is 2. The van der Waals surface area contributed by atoms with Crippen molar-refractivity contribution in [1.29, 1.82) is 0 Å². The van der Waals surface area contributed by atoms with Crippen molar-refractivity contribution < 1.29 is 14.0 Å². The van der Waals surface area contributed by atoms with Gasteiger partial charge in [-0.25, -0.2) is 4.98 Å². The Labute approximate surface area is 159 Å². The molecule has 0 saturated carbocycles. The van der Waals surface area contributed by atoms with Gasteiger partial charge in [0, 0.05) is 29.4 Å². The van der Waals surface area contributed by atoms with Gasteiger partial charge in [0.05, 0.1) is 17.7 Å². The number of carbonyl (C=O) groups excluding carboxylic acids is 2. The molecule has 2 N–H and O–H groups in total. The predicted molar refractivity (Wildman–Crippen MR) is 104 cm³/mol. The number of benzene rings is 1. The summed E-state index contributed by atoms with van der Waals surface area (Å²) in [6, 6.07) is 10.5. The van der Waals surface area contributed by atoms with Gasteiger partial charge in [0.2, 0.25) is 5.91 Å². The van der Waals surface area contributed by atoms with Crippen molar-refractivity contribution in [3.8, 4) is 10.8 Å². The van der Waals surface area contributed by atoms with Crippen molar-refractivity contribution in [2.75, 3.05) is 18.1 Å². The van der Waals surface area contributed by atoms with Crippen LogP contribution in [-0.2, 0) is 10.5 Å². The molecule has 0 aliphatic carbocycles. The summed E-state index contributed by atoms with van der Waals surface area (Å²) in [5.74, 6) is 1.39. The molecule has 0 unspecified atom stereocenters. The Morgan fingerprint density at radius 2 is 2.15 bits per heavy atom. The van der Waals surface area contributed by atoms with Crippen molar-refractivity contribution in [3.05, 3.63) is 59.3 Å². The molecule has 0 spiro atoms. The van der Waals surface area contributed by atoms with Gasteiger partial charge in [-0.2, -0.15) is 0 Å². The van der Waals surface area contributed by atoms with Crippen LogP contribution < -0.4 is 10.6 Å². The van der Waals surface area contributed by atoms with Gasteiger partial charge in [-0.15, -0.1) is 23.1 Å². The minimum atomic E-state index is -0.189.